The number of fused-ring (bicyclic) bond motifs is 1. The summed E-state index contributed by atoms with van der Waals surface area (Å²) in [5.41, 5.74) is 0.841. The highest BCUT2D eigenvalue weighted by molar-refractivity contribution is 6.23. The number of allylic oxidation sites excluding steroid dienone is 1. The molecule has 1 aliphatic heterocycles. The highest BCUT2D eigenvalue weighted by Crippen LogP contribution is 2.23. The smallest absolute Gasteiger partial charge is 0.349 e. The van der Waals surface area contributed by atoms with Gasteiger partial charge in [-0.15, -0.1) is 0 Å². The standard InChI is InChI=1S/C20H27N3O3/c1-2-3-7-12-23-19(25)16-11-10-14(13-17(16)22-20(23)26)18(24)21-15-8-5-4-6-9-15/h10-11,13,15-16H,2-9,12H2,1H3,(H,21,24). The summed E-state index contributed by atoms with van der Waals surface area (Å²) >= 11 is 0. The van der Waals surface area contributed by atoms with Crippen LogP contribution >= 0.6 is 0 Å². The van der Waals surface area contributed by atoms with E-state index in [9.17, 15) is 14.4 Å². The Morgan fingerprint density at radius 3 is 2.73 bits per heavy atom. The number of amides is 4. The van der Waals surface area contributed by atoms with Gasteiger partial charge in [-0.05, 0) is 25.3 Å². The van der Waals surface area contributed by atoms with Crippen molar-refractivity contribution in [2.24, 2.45) is 10.9 Å². The van der Waals surface area contributed by atoms with E-state index in [-0.39, 0.29) is 17.9 Å². The molecule has 3 aliphatic rings. The van der Waals surface area contributed by atoms with E-state index in [1.54, 1.807) is 18.2 Å². The molecule has 0 bridgehead atoms. The van der Waals surface area contributed by atoms with Crippen LogP contribution < -0.4 is 5.32 Å². The average Bonchev–Trinajstić information content (AvgIpc) is 2.65. The topological polar surface area (TPSA) is 78.8 Å². The number of carbonyl (C=O) groups excluding carboxylic acids is 3. The molecule has 6 heteroatoms. The number of hydrogen-bond donors (Lipinski definition) is 1. The molecule has 1 heterocycles. The summed E-state index contributed by atoms with van der Waals surface area (Å²) in [5.74, 6) is -0.949. The second-order valence-corrected chi connectivity index (χ2v) is 7.26. The van der Waals surface area contributed by atoms with Gasteiger partial charge < -0.3 is 5.32 Å². The van der Waals surface area contributed by atoms with Crippen molar-refractivity contribution >= 4 is 23.6 Å². The lowest BCUT2D eigenvalue weighted by Crippen LogP contribution is -2.47. The molecule has 0 saturated heterocycles. The minimum Gasteiger partial charge on any atom is -0.349 e. The van der Waals surface area contributed by atoms with Crippen LogP contribution in [0.3, 0.4) is 0 Å². The molecule has 26 heavy (non-hydrogen) atoms. The fourth-order valence-electron chi connectivity index (χ4n) is 3.72. The first-order valence-corrected chi connectivity index (χ1v) is 9.75. The number of nitrogens with one attached hydrogen (secondary N) is 1. The molecule has 6 nitrogen and oxygen atoms in total. The SMILES string of the molecule is CCCCCN1C(=O)N=C2C=C(C(=O)NC3CCCCC3)C=CC2C1=O. The van der Waals surface area contributed by atoms with Gasteiger partial charge in [-0.1, -0.05) is 51.2 Å². The molecular weight excluding hydrogens is 330 g/mol. The van der Waals surface area contributed by atoms with E-state index in [0.717, 1.165) is 44.9 Å². The molecule has 1 atom stereocenters. The maximum Gasteiger partial charge on any atom is 0.350 e. The molecule has 1 N–H and O–H groups in total. The van der Waals surface area contributed by atoms with Crippen LogP contribution in [0.15, 0.2) is 28.8 Å². The summed E-state index contributed by atoms with van der Waals surface area (Å²) in [5, 5.41) is 3.06. The quantitative estimate of drug-likeness (QED) is 0.742. The largest absolute Gasteiger partial charge is 0.350 e. The summed E-state index contributed by atoms with van der Waals surface area (Å²) in [7, 11) is 0. The zero-order valence-electron chi connectivity index (χ0n) is 15.4. The molecule has 140 valence electrons. The van der Waals surface area contributed by atoms with E-state index in [1.807, 2.05) is 0 Å². The fourth-order valence-corrected chi connectivity index (χ4v) is 3.72. The molecule has 2 aliphatic carbocycles. The number of urea groups is 1. The van der Waals surface area contributed by atoms with E-state index in [0.29, 0.717) is 17.8 Å². The van der Waals surface area contributed by atoms with Crippen molar-refractivity contribution in [2.45, 2.75) is 64.3 Å². The van der Waals surface area contributed by atoms with Gasteiger partial charge in [0.15, 0.2) is 0 Å². The Morgan fingerprint density at radius 2 is 2.00 bits per heavy atom. The normalized spacial score (nSPS) is 23.4. The van der Waals surface area contributed by atoms with E-state index < -0.39 is 11.9 Å². The summed E-state index contributed by atoms with van der Waals surface area (Å²) in [6.07, 6.45) is 13.3. The molecule has 3 rings (SSSR count). The van der Waals surface area contributed by atoms with Crippen LogP contribution in [-0.4, -0.2) is 41.0 Å². The third-order valence-electron chi connectivity index (χ3n) is 5.27. The summed E-state index contributed by atoms with van der Waals surface area (Å²) in [6, 6.07) is -0.301. The molecule has 1 saturated carbocycles. The first kappa shape index (κ1) is 18.5. The summed E-state index contributed by atoms with van der Waals surface area (Å²) in [6.45, 7) is 2.48. The first-order valence-electron chi connectivity index (χ1n) is 9.75. The van der Waals surface area contributed by atoms with Gasteiger partial charge in [0, 0.05) is 18.2 Å². The molecule has 1 fully saturated rings. The number of imide groups is 1. The van der Waals surface area contributed by atoms with Crippen molar-refractivity contribution in [3.8, 4) is 0 Å². The lowest BCUT2D eigenvalue weighted by Gasteiger charge is -2.29. The van der Waals surface area contributed by atoms with Gasteiger partial charge in [0.2, 0.25) is 5.91 Å². The molecule has 0 aromatic carbocycles. The van der Waals surface area contributed by atoms with Gasteiger partial charge in [0.05, 0.1) is 11.6 Å². The van der Waals surface area contributed by atoms with Gasteiger partial charge in [0.1, 0.15) is 0 Å². The van der Waals surface area contributed by atoms with Crippen molar-refractivity contribution in [1.82, 2.24) is 10.2 Å². The molecule has 0 radical (unpaired) electrons. The van der Waals surface area contributed by atoms with Crippen molar-refractivity contribution < 1.29 is 14.4 Å². The Hall–Kier alpha value is -2.24. The lowest BCUT2D eigenvalue weighted by atomic mass is 9.91. The van der Waals surface area contributed by atoms with Crippen molar-refractivity contribution in [2.75, 3.05) is 6.54 Å². The van der Waals surface area contributed by atoms with E-state index >= 15 is 0 Å². The number of unbranched alkanes of at least 4 members (excludes halogenated alkanes) is 2. The van der Waals surface area contributed by atoms with Gasteiger partial charge >= 0.3 is 6.03 Å². The molecule has 4 amide bonds. The van der Waals surface area contributed by atoms with Crippen LogP contribution in [0.5, 0.6) is 0 Å². The fraction of sp³-hybridized carbons (Fsp3) is 0.600. The number of carbonyl (C=O) groups is 3. The lowest BCUT2D eigenvalue weighted by molar-refractivity contribution is -0.129. The van der Waals surface area contributed by atoms with Crippen LogP contribution in [0.1, 0.15) is 58.3 Å². The van der Waals surface area contributed by atoms with Crippen molar-refractivity contribution in [3.05, 3.63) is 23.8 Å². The number of nitrogens with zero attached hydrogens (tertiary/aromatic N) is 2. The van der Waals surface area contributed by atoms with E-state index in [1.165, 1.54) is 11.3 Å². The Balaban J connectivity index is 1.68. The Bertz CT molecular complexity index is 672. The van der Waals surface area contributed by atoms with Gasteiger partial charge in [-0.25, -0.2) is 4.79 Å². The summed E-state index contributed by atoms with van der Waals surface area (Å²) < 4.78 is 0. The second-order valence-electron chi connectivity index (χ2n) is 7.26. The van der Waals surface area contributed by atoms with Crippen LogP contribution in [0.25, 0.3) is 0 Å². The maximum atomic E-state index is 12.6. The molecular formula is C20H27N3O3. The van der Waals surface area contributed by atoms with Crippen LogP contribution in [0.2, 0.25) is 0 Å². The Labute approximate surface area is 154 Å². The molecule has 0 spiro atoms. The third-order valence-corrected chi connectivity index (χ3v) is 5.27. The zero-order chi connectivity index (χ0) is 18.5. The van der Waals surface area contributed by atoms with Crippen molar-refractivity contribution in [1.29, 1.82) is 0 Å². The van der Waals surface area contributed by atoms with Crippen LogP contribution in [0.4, 0.5) is 4.79 Å². The van der Waals surface area contributed by atoms with Gasteiger partial charge in [-0.2, -0.15) is 4.99 Å². The maximum absolute atomic E-state index is 12.6. The number of hydrogen-bond acceptors (Lipinski definition) is 3. The minimum atomic E-state index is -0.555. The molecule has 0 aromatic heterocycles. The van der Waals surface area contributed by atoms with Gasteiger partial charge in [0.25, 0.3) is 5.91 Å². The van der Waals surface area contributed by atoms with Gasteiger partial charge in [-0.3, -0.25) is 14.5 Å². The van der Waals surface area contributed by atoms with E-state index in [2.05, 4.69) is 17.2 Å². The first-order chi connectivity index (χ1) is 12.6. The Morgan fingerprint density at radius 1 is 1.23 bits per heavy atom. The molecule has 0 aromatic rings. The zero-order valence-corrected chi connectivity index (χ0v) is 15.4. The number of rotatable bonds is 6. The highest BCUT2D eigenvalue weighted by atomic mass is 16.2. The third kappa shape index (κ3) is 4.11. The molecule has 1 unspecified atom stereocenters. The minimum absolute atomic E-state index is 0.153. The van der Waals surface area contributed by atoms with Crippen molar-refractivity contribution in [3.63, 3.8) is 0 Å². The highest BCUT2D eigenvalue weighted by Gasteiger charge is 2.36. The predicted molar refractivity (Wildman–Crippen MR) is 99.8 cm³/mol. The van der Waals surface area contributed by atoms with Crippen LogP contribution in [-0.2, 0) is 9.59 Å². The Kier molecular flexibility index (Phi) is 6.01. The average molecular weight is 357 g/mol. The van der Waals surface area contributed by atoms with Crippen LogP contribution in [0, 0.1) is 5.92 Å². The monoisotopic (exact) mass is 357 g/mol. The summed E-state index contributed by atoms with van der Waals surface area (Å²) in [4.78, 5) is 42.6. The number of aliphatic imine (C=N–C) groups is 1. The second kappa shape index (κ2) is 8.43. The predicted octanol–water partition coefficient (Wildman–Crippen LogP) is 3.14. The van der Waals surface area contributed by atoms with E-state index in [4.69, 9.17) is 0 Å².